The Labute approximate surface area is 119 Å². The van der Waals surface area contributed by atoms with Gasteiger partial charge in [0.1, 0.15) is 12.4 Å². The molecule has 1 aromatic rings. The van der Waals surface area contributed by atoms with Crippen LogP contribution < -0.4 is 10.1 Å². The maximum atomic E-state index is 5.69. The summed E-state index contributed by atoms with van der Waals surface area (Å²) in [5.41, 5.74) is 1.21. The molecule has 3 heteroatoms. The molecule has 0 heterocycles. The van der Waals surface area contributed by atoms with Gasteiger partial charge in [-0.2, -0.15) is 0 Å². The molecule has 0 fully saturated rings. The van der Waals surface area contributed by atoms with E-state index in [4.69, 9.17) is 4.74 Å². The Hall–Kier alpha value is -0.540. The van der Waals surface area contributed by atoms with Crippen molar-refractivity contribution in [3.05, 3.63) is 28.2 Å². The molecule has 0 spiro atoms. The molecule has 1 aromatic carbocycles. The monoisotopic (exact) mass is 313 g/mol. The van der Waals surface area contributed by atoms with Crippen molar-refractivity contribution in [2.24, 2.45) is 5.92 Å². The first kappa shape index (κ1) is 15.5. The number of hydrogen-bond donors (Lipinski definition) is 1. The minimum absolute atomic E-state index is 0.725. The summed E-state index contributed by atoms with van der Waals surface area (Å²) in [6, 6.07) is 6.08. The summed E-state index contributed by atoms with van der Waals surface area (Å²) in [7, 11) is 0. The van der Waals surface area contributed by atoms with E-state index in [0.29, 0.717) is 0 Å². The first-order valence-corrected chi connectivity index (χ1v) is 7.48. The maximum Gasteiger partial charge on any atom is 0.119 e. The number of halogens is 1. The minimum atomic E-state index is 0.725. The number of nitrogens with one attached hydrogen (secondary N) is 1. The highest BCUT2D eigenvalue weighted by molar-refractivity contribution is 9.10. The lowest BCUT2D eigenvalue weighted by molar-refractivity contribution is 0.313. The van der Waals surface area contributed by atoms with Gasteiger partial charge >= 0.3 is 0 Å². The standard InChI is InChI=1S/C15H24BrNO/c1-12(2)5-4-8-17-9-10-18-14-6-7-15(16)13(3)11-14/h6-7,11-12,17H,4-5,8-10H2,1-3H3. The molecule has 0 unspecified atom stereocenters. The normalized spacial score (nSPS) is 10.9. The van der Waals surface area contributed by atoms with E-state index in [2.05, 4.69) is 48.1 Å². The zero-order valence-electron chi connectivity index (χ0n) is 11.6. The minimum Gasteiger partial charge on any atom is -0.492 e. The van der Waals surface area contributed by atoms with Crippen LogP contribution in [0.3, 0.4) is 0 Å². The van der Waals surface area contributed by atoms with Crippen molar-refractivity contribution in [2.45, 2.75) is 33.6 Å². The molecule has 1 N–H and O–H groups in total. The highest BCUT2D eigenvalue weighted by Gasteiger charge is 1.98. The fourth-order valence-corrected chi connectivity index (χ4v) is 1.95. The van der Waals surface area contributed by atoms with Crippen LogP contribution >= 0.6 is 15.9 Å². The third-order valence-corrected chi connectivity index (χ3v) is 3.70. The first-order valence-electron chi connectivity index (χ1n) is 6.69. The lowest BCUT2D eigenvalue weighted by Gasteiger charge is -2.09. The van der Waals surface area contributed by atoms with Gasteiger partial charge in [0, 0.05) is 11.0 Å². The molecular weight excluding hydrogens is 290 g/mol. The van der Waals surface area contributed by atoms with E-state index >= 15 is 0 Å². The number of rotatable bonds is 8. The van der Waals surface area contributed by atoms with Crippen LogP contribution in [0.15, 0.2) is 22.7 Å². The van der Waals surface area contributed by atoms with E-state index in [1.165, 1.54) is 18.4 Å². The Morgan fingerprint density at radius 2 is 2.06 bits per heavy atom. The molecule has 102 valence electrons. The molecule has 0 aliphatic carbocycles. The summed E-state index contributed by atoms with van der Waals surface area (Å²) in [6.45, 7) is 9.32. The van der Waals surface area contributed by atoms with Gasteiger partial charge in [0.25, 0.3) is 0 Å². The topological polar surface area (TPSA) is 21.3 Å². The Bertz CT molecular complexity index is 352. The second-order valence-corrected chi connectivity index (χ2v) is 5.90. The summed E-state index contributed by atoms with van der Waals surface area (Å²) in [5.74, 6) is 1.74. The molecule has 0 amide bonds. The average Bonchev–Trinajstić information content (AvgIpc) is 2.32. The van der Waals surface area contributed by atoms with Gasteiger partial charge in [-0.25, -0.2) is 0 Å². The second kappa shape index (κ2) is 8.54. The maximum absolute atomic E-state index is 5.69. The van der Waals surface area contributed by atoms with E-state index in [9.17, 15) is 0 Å². The van der Waals surface area contributed by atoms with Gasteiger partial charge in [0.15, 0.2) is 0 Å². The van der Waals surface area contributed by atoms with Crippen LogP contribution in [-0.4, -0.2) is 19.7 Å². The summed E-state index contributed by atoms with van der Waals surface area (Å²) in [4.78, 5) is 0. The van der Waals surface area contributed by atoms with Crippen LogP contribution in [0.5, 0.6) is 5.75 Å². The smallest absolute Gasteiger partial charge is 0.119 e. The predicted octanol–water partition coefficient (Wildman–Crippen LogP) is 4.16. The van der Waals surface area contributed by atoms with E-state index in [0.717, 1.165) is 35.8 Å². The first-order chi connectivity index (χ1) is 8.59. The van der Waals surface area contributed by atoms with Crippen LogP contribution in [0.1, 0.15) is 32.3 Å². The molecule has 18 heavy (non-hydrogen) atoms. The van der Waals surface area contributed by atoms with Crippen molar-refractivity contribution in [2.75, 3.05) is 19.7 Å². The highest BCUT2D eigenvalue weighted by atomic mass is 79.9. The van der Waals surface area contributed by atoms with Gasteiger partial charge in [0.05, 0.1) is 0 Å². The van der Waals surface area contributed by atoms with Crippen molar-refractivity contribution in [1.29, 1.82) is 0 Å². The Kier molecular flexibility index (Phi) is 7.36. The van der Waals surface area contributed by atoms with Crippen molar-refractivity contribution in [1.82, 2.24) is 5.32 Å². The lowest BCUT2D eigenvalue weighted by Crippen LogP contribution is -2.22. The molecule has 0 saturated carbocycles. The molecule has 0 bridgehead atoms. The molecule has 0 radical (unpaired) electrons. The Morgan fingerprint density at radius 3 is 2.72 bits per heavy atom. The lowest BCUT2D eigenvalue weighted by atomic mass is 10.1. The SMILES string of the molecule is Cc1cc(OCCNCCCC(C)C)ccc1Br. The predicted molar refractivity (Wildman–Crippen MR) is 81.3 cm³/mol. The third kappa shape index (κ3) is 6.41. The molecule has 0 saturated heterocycles. The zero-order chi connectivity index (χ0) is 13.4. The molecule has 0 atom stereocenters. The number of ether oxygens (including phenoxy) is 1. The summed E-state index contributed by atoms with van der Waals surface area (Å²) in [6.07, 6.45) is 2.54. The molecular formula is C15H24BrNO. The fraction of sp³-hybridized carbons (Fsp3) is 0.600. The molecule has 0 aromatic heterocycles. The second-order valence-electron chi connectivity index (χ2n) is 5.05. The molecule has 2 nitrogen and oxygen atoms in total. The van der Waals surface area contributed by atoms with Crippen LogP contribution in [0, 0.1) is 12.8 Å². The van der Waals surface area contributed by atoms with E-state index in [-0.39, 0.29) is 0 Å². The highest BCUT2D eigenvalue weighted by Crippen LogP contribution is 2.21. The van der Waals surface area contributed by atoms with Gasteiger partial charge in [0.2, 0.25) is 0 Å². The zero-order valence-corrected chi connectivity index (χ0v) is 13.2. The fourth-order valence-electron chi connectivity index (χ4n) is 1.71. The third-order valence-electron chi connectivity index (χ3n) is 2.81. The van der Waals surface area contributed by atoms with Gasteiger partial charge in [-0.15, -0.1) is 0 Å². The Balaban J connectivity index is 2.09. The van der Waals surface area contributed by atoms with Gasteiger partial charge in [-0.1, -0.05) is 29.8 Å². The number of aryl methyl sites for hydroxylation is 1. The van der Waals surface area contributed by atoms with Gasteiger partial charge in [-0.3, -0.25) is 0 Å². The van der Waals surface area contributed by atoms with E-state index in [1.807, 2.05) is 12.1 Å². The van der Waals surface area contributed by atoms with Gasteiger partial charge < -0.3 is 10.1 Å². The summed E-state index contributed by atoms with van der Waals surface area (Å²) in [5, 5.41) is 3.40. The number of hydrogen-bond acceptors (Lipinski definition) is 2. The van der Waals surface area contributed by atoms with Crippen LogP contribution in [-0.2, 0) is 0 Å². The number of benzene rings is 1. The van der Waals surface area contributed by atoms with E-state index in [1.54, 1.807) is 0 Å². The van der Waals surface area contributed by atoms with Crippen molar-refractivity contribution in [3.63, 3.8) is 0 Å². The Morgan fingerprint density at radius 1 is 1.28 bits per heavy atom. The van der Waals surface area contributed by atoms with Crippen molar-refractivity contribution < 1.29 is 4.74 Å². The summed E-state index contributed by atoms with van der Waals surface area (Å²) < 4.78 is 6.81. The van der Waals surface area contributed by atoms with Crippen LogP contribution in [0.2, 0.25) is 0 Å². The van der Waals surface area contributed by atoms with Crippen molar-refractivity contribution >= 4 is 15.9 Å². The average molecular weight is 314 g/mol. The van der Waals surface area contributed by atoms with Crippen LogP contribution in [0.4, 0.5) is 0 Å². The van der Waals surface area contributed by atoms with Crippen molar-refractivity contribution in [3.8, 4) is 5.75 Å². The van der Waals surface area contributed by atoms with Gasteiger partial charge in [-0.05, 0) is 56.0 Å². The quantitative estimate of drug-likeness (QED) is 0.727. The summed E-state index contributed by atoms with van der Waals surface area (Å²) >= 11 is 3.48. The largest absolute Gasteiger partial charge is 0.492 e. The van der Waals surface area contributed by atoms with E-state index < -0.39 is 0 Å². The molecule has 1 rings (SSSR count). The molecule has 0 aliphatic heterocycles. The molecule has 0 aliphatic rings. The van der Waals surface area contributed by atoms with Crippen LogP contribution in [0.25, 0.3) is 0 Å².